The van der Waals surface area contributed by atoms with Gasteiger partial charge in [-0.05, 0) is 45.9 Å². The summed E-state index contributed by atoms with van der Waals surface area (Å²) in [5.41, 5.74) is 1.65. The molecule has 1 N–H and O–H groups in total. The Morgan fingerprint density at radius 2 is 1.76 bits per heavy atom. The highest BCUT2D eigenvalue weighted by atomic mass is 79.9. The number of ketones is 1. The summed E-state index contributed by atoms with van der Waals surface area (Å²) in [6, 6.07) is 5.67. The summed E-state index contributed by atoms with van der Waals surface area (Å²) >= 11 is 3.15. The van der Waals surface area contributed by atoms with Gasteiger partial charge < -0.3 is 14.7 Å². The fourth-order valence-corrected chi connectivity index (χ4v) is 3.63. The molecule has 0 amide bonds. The van der Waals surface area contributed by atoms with Gasteiger partial charge >= 0.3 is 0 Å². The molecule has 0 spiro atoms. The molecule has 0 aliphatic carbocycles. The van der Waals surface area contributed by atoms with E-state index in [0.29, 0.717) is 11.3 Å². The van der Waals surface area contributed by atoms with Crippen molar-refractivity contribution in [2.75, 3.05) is 5.33 Å². The van der Waals surface area contributed by atoms with E-state index in [2.05, 4.69) is 15.9 Å². The third kappa shape index (κ3) is 1.91. The maximum Gasteiger partial charge on any atom is 0.208 e. The summed E-state index contributed by atoms with van der Waals surface area (Å²) in [6.45, 7) is 7.81. The molecule has 2 heterocycles. The summed E-state index contributed by atoms with van der Waals surface area (Å²) in [5, 5.41) is 14.0. The quantitative estimate of drug-likeness (QED) is 0.514. The number of quaternary nitrogens is 1. The maximum absolute atomic E-state index is 12.6. The predicted molar refractivity (Wildman–Crippen MR) is 84.7 cm³/mol. The van der Waals surface area contributed by atoms with Crippen LogP contribution in [0.25, 0.3) is 11.0 Å². The minimum atomic E-state index is -0.528. The molecule has 21 heavy (non-hydrogen) atoms. The number of alkyl halides is 1. The zero-order chi connectivity index (χ0) is 15.6. The number of hydrogen-bond donors (Lipinski definition) is 1. The molecule has 0 saturated carbocycles. The van der Waals surface area contributed by atoms with Crippen LogP contribution in [-0.4, -0.2) is 11.1 Å². The van der Waals surface area contributed by atoms with Gasteiger partial charge in [0, 0.05) is 16.5 Å². The van der Waals surface area contributed by atoms with Crippen LogP contribution in [0.2, 0.25) is 0 Å². The number of hydrogen-bond acceptors (Lipinski definition) is 3. The summed E-state index contributed by atoms with van der Waals surface area (Å²) in [7, 11) is 0. The number of furan rings is 1. The first-order valence-corrected chi connectivity index (χ1v) is 8.04. The van der Waals surface area contributed by atoms with E-state index in [9.17, 15) is 10.0 Å². The molecule has 1 aromatic carbocycles. The van der Waals surface area contributed by atoms with Crippen LogP contribution in [0.15, 0.2) is 22.6 Å². The molecule has 1 atom stereocenters. The van der Waals surface area contributed by atoms with Gasteiger partial charge in [0.1, 0.15) is 16.7 Å². The van der Waals surface area contributed by atoms with E-state index in [4.69, 9.17) is 4.42 Å². The number of Topliss-reactive ketones (excluding diaryl/α,β-unsaturated/α-hetero) is 1. The molecule has 1 unspecified atom stereocenters. The second-order valence-electron chi connectivity index (χ2n) is 6.68. The molecule has 112 valence electrons. The highest BCUT2D eigenvalue weighted by molar-refractivity contribution is 9.09. The van der Waals surface area contributed by atoms with Crippen molar-refractivity contribution in [1.29, 1.82) is 0 Å². The van der Waals surface area contributed by atoms with Gasteiger partial charge in [0.15, 0.2) is 5.76 Å². The van der Waals surface area contributed by atoms with Gasteiger partial charge in [-0.2, -0.15) is 0 Å². The van der Waals surface area contributed by atoms with Crippen LogP contribution >= 0.6 is 15.9 Å². The number of carbonyl (C=O) groups is 1. The van der Waals surface area contributed by atoms with Gasteiger partial charge in [-0.15, -0.1) is 0 Å². The van der Waals surface area contributed by atoms with Crippen LogP contribution in [0, 0.1) is 5.21 Å². The number of halogens is 1. The Balaban J connectivity index is 2.26. The van der Waals surface area contributed by atoms with Crippen LogP contribution in [0.3, 0.4) is 0 Å². The number of benzene rings is 1. The summed E-state index contributed by atoms with van der Waals surface area (Å²) in [6.07, 6.45) is 0. The monoisotopic (exact) mass is 351 g/mol. The number of nitrogens with one attached hydrogen (secondary N) is 1. The molecule has 5 heteroatoms. The lowest BCUT2D eigenvalue weighted by atomic mass is 9.90. The molecule has 0 radical (unpaired) electrons. The lowest BCUT2D eigenvalue weighted by Crippen LogP contribution is -3.17. The highest BCUT2D eigenvalue weighted by Gasteiger charge is 2.49. The van der Waals surface area contributed by atoms with Crippen molar-refractivity contribution < 1.29 is 14.3 Å². The standard InChI is InChI=1S/C16H18BrNO3/c1-15(2)10-5-9-6-14(12(19)8-17)21-13(9)7-11(10)16(3,4)18(15)20/h5-7,18H,8H2,1-4H3. The third-order valence-electron chi connectivity index (χ3n) is 4.53. The normalized spacial score (nSPS) is 22.5. The zero-order valence-corrected chi connectivity index (χ0v) is 14.1. The molecular weight excluding hydrogens is 334 g/mol. The molecule has 1 aliphatic heterocycles. The average molecular weight is 352 g/mol. The lowest BCUT2D eigenvalue weighted by molar-refractivity contribution is -0.955. The van der Waals surface area contributed by atoms with E-state index in [1.807, 2.05) is 39.8 Å². The van der Waals surface area contributed by atoms with Crippen molar-refractivity contribution in [1.82, 2.24) is 0 Å². The molecule has 0 fully saturated rings. The Bertz CT molecular complexity index is 692. The Morgan fingerprint density at radius 3 is 2.33 bits per heavy atom. The van der Waals surface area contributed by atoms with E-state index >= 15 is 0 Å². The molecule has 3 rings (SSSR count). The van der Waals surface area contributed by atoms with Crippen molar-refractivity contribution in [3.63, 3.8) is 0 Å². The van der Waals surface area contributed by atoms with Crippen molar-refractivity contribution in [3.05, 3.63) is 40.3 Å². The molecule has 1 aliphatic rings. The first-order valence-electron chi connectivity index (χ1n) is 6.92. The van der Waals surface area contributed by atoms with Gasteiger partial charge in [-0.1, -0.05) is 15.9 Å². The summed E-state index contributed by atoms with van der Waals surface area (Å²) < 4.78 is 5.65. The molecule has 1 aromatic heterocycles. The first kappa shape index (κ1) is 14.8. The van der Waals surface area contributed by atoms with Crippen molar-refractivity contribution in [2.45, 2.75) is 38.8 Å². The Hall–Kier alpha value is -1.17. The van der Waals surface area contributed by atoms with E-state index < -0.39 is 11.1 Å². The average Bonchev–Trinajstić information content (AvgIpc) is 2.91. The Kier molecular flexibility index (Phi) is 3.10. The third-order valence-corrected chi connectivity index (χ3v) is 5.04. The van der Waals surface area contributed by atoms with Crippen LogP contribution < -0.4 is 5.06 Å². The molecule has 2 aromatic rings. The van der Waals surface area contributed by atoms with Crippen molar-refractivity contribution in [2.24, 2.45) is 0 Å². The van der Waals surface area contributed by atoms with E-state index in [-0.39, 0.29) is 16.2 Å². The Labute approximate surface area is 131 Å². The van der Waals surface area contributed by atoms with Crippen molar-refractivity contribution >= 4 is 32.7 Å². The van der Waals surface area contributed by atoms with E-state index in [1.54, 1.807) is 6.07 Å². The van der Waals surface area contributed by atoms with Crippen LogP contribution in [0.1, 0.15) is 49.4 Å². The topological polar surface area (TPSA) is 57.7 Å². The largest absolute Gasteiger partial charge is 0.633 e. The number of rotatable bonds is 2. The number of carbonyl (C=O) groups excluding carboxylic acids is 1. The minimum Gasteiger partial charge on any atom is -0.633 e. The SMILES string of the molecule is CC1(C)c2cc3cc(C(=O)CBr)oc3cc2C(C)(C)[NH+]1[O-]. The maximum atomic E-state index is 12.6. The fraction of sp³-hybridized carbons (Fsp3) is 0.438. The van der Waals surface area contributed by atoms with Crippen molar-refractivity contribution in [3.8, 4) is 0 Å². The lowest BCUT2D eigenvalue weighted by Gasteiger charge is -2.40. The molecule has 0 bridgehead atoms. The number of hydroxylamine groups is 2. The second-order valence-corrected chi connectivity index (χ2v) is 7.24. The van der Waals surface area contributed by atoms with Crippen LogP contribution in [0.5, 0.6) is 0 Å². The fourth-order valence-electron chi connectivity index (χ4n) is 3.35. The first-order chi connectivity index (χ1) is 9.69. The van der Waals surface area contributed by atoms with Crippen LogP contribution in [0.4, 0.5) is 0 Å². The zero-order valence-electron chi connectivity index (χ0n) is 12.5. The van der Waals surface area contributed by atoms with E-state index in [0.717, 1.165) is 16.5 Å². The summed E-state index contributed by atoms with van der Waals surface area (Å²) in [4.78, 5) is 11.7. The highest BCUT2D eigenvalue weighted by Crippen LogP contribution is 2.39. The van der Waals surface area contributed by atoms with E-state index in [1.165, 1.54) is 0 Å². The molecule has 0 saturated heterocycles. The summed E-state index contributed by atoms with van der Waals surface area (Å²) in [5.74, 6) is 0.272. The van der Waals surface area contributed by atoms with Gasteiger partial charge in [-0.3, -0.25) is 4.79 Å². The smallest absolute Gasteiger partial charge is 0.208 e. The van der Waals surface area contributed by atoms with Gasteiger partial charge in [-0.25, -0.2) is 0 Å². The van der Waals surface area contributed by atoms with Gasteiger partial charge in [0.05, 0.1) is 5.33 Å². The van der Waals surface area contributed by atoms with Gasteiger partial charge in [0.25, 0.3) is 0 Å². The molecular formula is C16H18BrNO3. The second kappa shape index (κ2) is 4.41. The Morgan fingerprint density at radius 1 is 1.19 bits per heavy atom. The van der Waals surface area contributed by atoms with Crippen LogP contribution in [-0.2, 0) is 11.1 Å². The number of fused-ring (bicyclic) bond motifs is 2. The predicted octanol–water partition coefficient (Wildman–Crippen LogP) is 2.88. The van der Waals surface area contributed by atoms with Gasteiger partial charge in [0.2, 0.25) is 5.78 Å². The molecule has 4 nitrogen and oxygen atoms in total. The minimum absolute atomic E-state index is 0.0824.